The smallest absolute Gasteiger partial charge is 0.332 e. The highest BCUT2D eigenvalue weighted by molar-refractivity contribution is 5.69. The van der Waals surface area contributed by atoms with Gasteiger partial charge < -0.3 is 10.1 Å². The van der Waals surface area contributed by atoms with E-state index in [2.05, 4.69) is 14.9 Å². The lowest BCUT2D eigenvalue weighted by Gasteiger charge is -2.34. The highest BCUT2D eigenvalue weighted by Crippen LogP contribution is 2.21. The number of aromatic nitrogens is 4. The van der Waals surface area contributed by atoms with E-state index in [1.54, 1.807) is 7.05 Å². The van der Waals surface area contributed by atoms with Crippen LogP contribution in [-0.4, -0.2) is 48.3 Å². The number of aliphatic hydroxyl groups is 1. The molecule has 1 aliphatic heterocycles. The maximum absolute atomic E-state index is 12.2. The minimum atomic E-state index is -0.378. The number of aromatic amines is 1. The fraction of sp³-hybridized carbons (Fsp3) is 0.667. The van der Waals surface area contributed by atoms with Gasteiger partial charge in [-0.3, -0.25) is 18.8 Å². The molecule has 0 spiro atoms. The van der Waals surface area contributed by atoms with Gasteiger partial charge >= 0.3 is 5.69 Å². The highest BCUT2D eigenvalue weighted by atomic mass is 16.3. The van der Waals surface area contributed by atoms with Crippen molar-refractivity contribution < 1.29 is 5.11 Å². The number of hydrogen-bond donors (Lipinski definition) is 2. The molecular weight excluding hydrogens is 298 g/mol. The molecule has 126 valence electrons. The number of imidazole rings is 1. The topological polar surface area (TPSA) is 96.2 Å². The van der Waals surface area contributed by atoms with Crippen LogP contribution < -0.4 is 11.2 Å². The summed E-state index contributed by atoms with van der Waals surface area (Å²) in [6.07, 6.45) is 4.13. The second-order valence-electron chi connectivity index (χ2n) is 6.22. The number of rotatable bonds is 4. The van der Waals surface area contributed by atoms with Gasteiger partial charge in [0.15, 0.2) is 5.65 Å². The highest BCUT2D eigenvalue weighted by Gasteiger charge is 2.23. The standard InChI is InChI=1S/C15H23N5O3/c1-18-13-12(14(22)19(2)15(18)23)16-11(17-13)9-20-7-4-3-5-10(20)6-8-21/h10,21H,3-9H2,1-2H3,(H,16,17). The van der Waals surface area contributed by atoms with Crippen molar-refractivity contribution in [3.63, 3.8) is 0 Å². The number of likely N-dealkylation sites (tertiary alicyclic amines) is 1. The molecule has 8 heteroatoms. The average molecular weight is 321 g/mol. The van der Waals surface area contributed by atoms with E-state index in [0.717, 1.165) is 30.4 Å². The Morgan fingerprint density at radius 1 is 1.26 bits per heavy atom. The maximum Gasteiger partial charge on any atom is 0.332 e. The molecule has 0 bridgehead atoms. The molecule has 2 aromatic rings. The summed E-state index contributed by atoms with van der Waals surface area (Å²) in [7, 11) is 3.08. The predicted octanol–water partition coefficient (Wildman–Crippen LogP) is -0.303. The number of fused-ring (bicyclic) bond motifs is 1. The first-order chi connectivity index (χ1) is 11.0. The lowest BCUT2D eigenvalue weighted by molar-refractivity contribution is 0.110. The Morgan fingerprint density at radius 2 is 2.04 bits per heavy atom. The molecule has 23 heavy (non-hydrogen) atoms. The Bertz CT molecular complexity index is 817. The van der Waals surface area contributed by atoms with Gasteiger partial charge in [-0.2, -0.15) is 0 Å². The molecule has 0 radical (unpaired) electrons. The van der Waals surface area contributed by atoms with E-state index in [1.807, 2.05) is 0 Å². The molecule has 1 atom stereocenters. The first-order valence-electron chi connectivity index (χ1n) is 8.02. The average Bonchev–Trinajstić information content (AvgIpc) is 2.97. The van der Waals surface area contributed by atoms with E-state index in [-0.39, 0.29) is 17.9 Å². The SMILES string of the molecule is Cn1c(=O)c2[nH]c(CN3CCCCC3CCO)nc2n(C)c1=O. The Hall–Kier alpha value is -1.93. The molecule has 1 fully saturated rings. The Morgan fingerprint density at radius 3 is 2.78 bits per heavy atom. The number of aryl methyl sites for hydroxylation is 1. The van der Waals surface area contributed by atoms with Crippen LogP contribution in [0.1, 0.15) is 31.5 Å². The normalized spacial score (nSPS) is 19.5. The Kier molecular flexibility index (Phi) is 4.36. The fourth-order valence-corrected chi connectivity index (χ4v) is 3.39. The van der Waals surface area contributed by atoms with Gasteiger partial charge in [0.2, 0.25) is 0 Å². The maximum atomic E-state index is 12.2. The van der Waals surface area contributed by atoms with Crippen molar-refractivity contribution in [1.82, 2.24) is 24.0 Å². The number of nitrogens with zero attached hydrogens (tertiary/aromatic N) is 4. The van der Waals surface area contributed by atoms with Crippen LogP contribution in [0.5, 0.6) is 0 Å². The predicted molar refractivity (Wildman–Crippen MR) is 86.3 cm³/mol. The zero-order valence-corrected chi connectivity index (χ0v) is 13.6. The summed E-state index contributed by atoms with van der Waals surface area (Å²) in [6.45, 7) is 1.73. The number of H-pyrrole nitrogens is 1. The van der Waals surface area contributed by atoms with Crippen LogP contribution >= 0.6 is 0 Å². The molecule has 3 heterocycles. The van der Waals surface area contributed by atoms with Crippen LogP contribution in [0.25, 0.3) is 11.2 Å². The number of piperidine rings is 1. The van der Waals surface area contributed by atoms with Crippen molar-refractivity contribution in [3.8, 4) is 0 Å². The van der Waals surface area contributed by atoms with Gasteiger partial charge in [0.25, 0.3) is 5.56 Å². The molecule has 8 nitrogen and oxygen atoms in total. The van der Waals surface area contributed by atoms with Gasteiger partial charge in [0, 0.05) is 26.7 Å². The minimum absolute atomic E-state index is 0.177. The van der Waals surface area contributed by atoms with Crippen molar-refractivity contribution in [3.05, 3.63) is 26.7 Å². The van der Waals surface area contributed by atoms with Crippen molar-refractivity contribution in [2.24, 2.45) is 14.1 Å². The van der Waals surface area contributed by atoms with Gasteiger partial charge in [0.1, 0.15) is 11.3 Å². The van der Waals surface area contributed by atoms with Crippen LogP contribution in [0.15, 0.2) is 9.59 Å². The van der Waals surface area contributed by atoms with Crippen molar-refractivity contribution in [2.75, 3.05) is 13.2 Å². The zero-order valence-electron chi connectivity index (χ0n) is 13.6. The van der Waals surface area contributed by atoms with Crippen LogP contribution in [0.2, 0.25) is 0 Å². The second kappa shape index (κ2) is 6.29. The van der Waals surface area contributed by atoms with Crippen molar-refractivity contribution >= 4 is 11.2 Å². The summed E-state index contributed by atoms with van der Waals surface area (Å²) in [5.74, 6) is 0.683. The third-order valence-corrected chi connectivity index (χ3v) is 4.71. The van der Waals surface area contributed by atoms with Crippen LogP contribution in [0.3, 0.4) is 0 Å². The summed E-state index contributed by atoms with van der Waals surface area (Å²) < 4.78 is 2.47. The molecular formula is C15H23N5O3. The first-order valence-corrected chi connectivity index (χ1v) is 8.02. The lowest BCUT2D eigenvalue weighted by atomic mass is 10.00. The number of nitrogens with one attached hydrogen (secondary N) is 1. The summed E-state index contributed by atoms with van der Waals surface area (Å²) >= 11 is 0. The molecule has 1 saturated heterocycles. The van der Waals surface area contributed by atoms with Gasteiger partial charge in [-0.15, -0.1) is 0 Å². The van der Waals surface area contributed by atoms with Crippen molar-refractivity contribution in [2.45, 2.75) is 38.3 Å². The van der Waals surface area contributed by atoms with E-state index < -0.39 is 0 Å². The fourth-order valence-electron chi connectivity index (χ4n) is 3.39. The molecule has 0 aliphatic carbocycles. The van der Waals surface area contributed by atoms with E-state index in [9.17, 15) is 14.7 Å². The van der Waals surface area contributed by atoms with Gasteiger partial charge in [-0.1, -0.05) is 6.42 Å². The molecule has 1 unspecified atom stereocenters. The Balaban J connectivity index is 1.95. The first kappa shape index (κ1) is 15.9. The zero-order chi connectivity index (χ0) is 16.6. The monoisotopic (exact) mass is 321 g/mol. The van der Waals surface area contributed by atoms with Crippen LogP contribution in [0.4, 0.5) is 0 Å². The third kappa shape index (κ3) is 2.84. The molecule has 0 saturated carbocycles. The third-order valence-electron chi connectivity index (χ3n) is 4.71. The van der Waals surface area contributed by atoms with E-state index in [0.29, 0.717) is 29.6 Å². The van der Waals surface area contributed by atoms with E-state index in [1.165, 1.54) is 18.0 Å². The number of hydrogen-bond acceptors (Lipinski definition) is 5. The van der Waals surface area contributed by atoms with Gasteiger partial charge in [-0.25, -0.2) is 9.78 Å². The second-order valence-corrected chi connectivity index (χ2v) is 6.22. The largest absolute Gasteiger partial charge is 0.396 e. The molecule has 3 rings (SSSR count). The Labute approximate surface area is 133 Å². The van der Waals surface area contributed by atoms with Gasteiger partial charge in [0.05, 0.1) is 6.54 Å². The van der Waals surface area contributed by atoms with E-state index >= 15 is 0 Å². The summed E-state index contributed by atoms with van der Waals surface area (Å²) in [4.78, 5) is 34.0. The van der Waals surface area contributed by atoms with Crippen LogP contribution in [0, 0.1) is 0 Å². The number of aliphatic hydroxyl groups excluding tert-OH is 1. The quantitative estimate of drug-likeness (QED) is 0.806. The summed E-state index contributed by atoms with van der Waals surface area (Å²) in [5, 5.41) is 9.22. The lowest BCUT2D eigenvalue weighted by Crippen LogP contribution is -2.39. The summed E-state index contributed by atoms with van der Waals surface area (Å²) in [5.41, 5.74) is 0.0215. The molecule has 2 N–H and O–H groups in total. The molecule has 0 aromatic carbocycles. The van der Waals surface area contributed by atoms with Crippen LogP contribution in [-0.2, 0) is 20.6 Å². The van der Waals surface area contributed by atoms with Crippen molar-refractivity contribution in [1.29, 1.82) is 0 Å². The van der Waals surface area contributed by atoms with Gasteiger partial charge in [-0.05, 0) is 25.8 Å². The minimum Gasteiger partial charge on any atom is -0.396 e. The molecule has 2 aromatic heterocycles. The molecule has 1 aliphatic rings. The van der Waals surface area contributed by atoms with E-state index in [4.69, 9.17) is 0 Å². The molecule has 0 amide bonds. The summed E-state index contributed by atoms with van der Waals surface area (Å²) in [6, 6.07) is 0.341.